The molecule has 2 aromatic carbocycles. The van der Waals surface area contributed by atoms with Gasteiger partial charge in [-0.15, -0.1) is 0 Å². The third-order valence-electron chi connectivity index (χ3n) is 10.8. The summed E-state index contributed by atoms with van der Waals surface area (Å²) in [5.74, 6) is -9.02. The maximum absolute atomic E-state index is 13.7. The molecule has 5 N–H and O–H groups in total. The van der Waals surface area contributed by atoms with Crippen LogP contribution in [0.1, 0.15) is 71.9 Å². The molecule has 11 atom stereocenters. The molecule has 24 nitrogen and oxygen atoms in total. The van der Waals surface area contributed by atoms with Crippen LogP contribution in [0.25, 0.3) is 11.1 Å². The number of hydrogen-bond acceptors (Lipinski definition) is 19. The Morgan fingerprint density at radius 3 is 1.54 bits per heavy atom. The van der Waals surface area contributed by atoms with Crippen LogP contribution < -0.4 is 21.3 Å². The van der Waals surface area contributed by atoms with Crippen molar-refractivity contribution in [3.8, 4) is 11.1 Å². The smallest absolute Gasteiger partial charge is 0.407 e. The number of carboxylic acid groups (broad SMARTS) is 1. The van der Waals surface area contributed by atoms with Gasteiger partial charge in [0.05, 0.1) is 6.42 Å². The number of carbonyl (C=O) groups excluding carboxylic acids is 9. The molecule has 2 fully saturated rings. The molecule has 2 aromatic rings. The second-order valence-corrected chi connectivity index (χ2v) is 16.2. The van der Waals surface area contributed by atoms with Crippen LogP contribution in [-0.2, 0) is 85.8 Å². The van der Waals surface area contributed by atoms with Gasteiger partial charge in [-0.3, -0.25) is 38.4 Å². The van der Waals surface area contributed by atoms with Crippen molar-refractivity contribution >= 4 is 59.6 Å². The average Bonchev–Trinajstić information content (AvgIpc) is 3.57. The van der Waals surface area contributed by atoms with Gasteiger partial charge in [0.2, 0.25) is 17.7 Å². The summed E-state index contributed by atoms with van der Waals surface area (Å²) in [4.78, 5) is 127. The summed E-state index contributed by atoms with van der Waals surface area (Å²) in [6.07, 6.45) is -15.3. The lowest BCUT2D eigenvalue weighted by molar-refractivity contribution is -0.318. The minimum Gasteiger partial charge on any atom is -0.480 e. The first-order chi connectivity index (χ1) is 32.6. The minimum atomic E-state index is -1.88. The maximum Gasteiger partial charge on any atom is 0.407 e. The van der Waals surface area contributed by atoms with Crippen molar-refractivity contribution in [2.45, 2.75) is 128 Å². The van der Waals surface area contributed by atoms with Crippen molar-refractivity contribution in [1.82, 2.24) is 21.3 Å². The van der Waals surface area contributed by atoms with Crippen LogP contribution in [0.2, 0.25) is 0 Å². The molecule has 0 aromatic heterocycles. The number of hydrogen-bond donors (Lipinski definition) is 5. The molecule has 3 aliphatic rings. The van der Waals surface area contributed by atoms with Crippen LogP contribution in [-0.4, -0.2) is 152 Å². The number of ether oxygens (including phenoxy) is 9. The third kappa shape index (κ3) is 14.2. The number of alkyl carbamates (subject to hydrolysis) is 1. The van der Waals surface area contributed by atoms with Gasteiger partial charge in [-0.05, 0) is 22.3 Å². The largest absolute Gasteiger partial charge is 0.480 e. The van der Waals surface area contributed by atoms with Crippen molar-refractivity contribution in [1.29, 1.82) is 0 Å². The van der Waals surface area contributed by atoms with Gasteiger partial charge >= 0.3 is 41.9 Å². The summed E-state index contributed by atoms with van der Waals surface area (Å²) in [6, 6.07) is 10.0. The third-order valence-corrected chi connectivity index (χ3v) is 10.8. The SMILES string of the molecule is CC(=O)N[C@@H]1[C@@H](OC(C)=O)[C@H](O[C@@H]2O[C@H](COC(C)=O)[C@@H](OC(C)=O)[C@H](OC(C)=O)[C@H]2NC(C)=O)[C@@H](COC(C)=O)O[C@H]1NC(=O)C[C@H](NC(=O)OCC1c2ccccc2-c2ccccc21)C(=O)O. The van der Waals surface area contributed by atoms with Gasteiger partial charge in [-0.2, -0.15) is 0 Å². The molecule has 24 heteroatoms. The number of nitrogens with one attached hydrogen (secondary N) is 4. The topological polar surface area (TPSA) is 322 Å². The summed E-state index contributed by atoms with van der Waals surface area (Å²) in [5.41, 5.74) is 3.71. The normalized spacial score (nSPS) is 25.1. The fraction of sp³-hybridized carbons (Fsp3) is 0.511. The molecule has 0 bridgehead atoms. The van der Waals surface area contributed by atoms with E-state index in [-0.39, 0.29) is 12.5 Å². The molecular formula is C45H54N4O20. The number of carbonyl (C=O) groups is 10. The molecule has 0 unspecified atom stereocenters. The Hall–Kier alpha value is -7.18. The van der Waals surface area contributed by atoms with Crippen molar-refractivity contribution in [2.75, 3.05) is 19.8 Å². The van der Waals surface area contributed by atoms with Gasteiger partial charge < -0.3 is 69.0 Å². The van der Waals surface area contributed by atoms with Gasteiger partial charge in [0.15, 0.2) is 30.8 Å². The van der Waals surface area contributed by atoms with E-state index in [1.165, 1.54) is 0 Å². The summed E-state index contributed by atoms with van der Waals surface area (Å²) in [5, 5.41) is 19.7. The van der Waals surface area contributed by atoms with Gasteiger partial charge in [-0.25, -0.2) is 9.59 Å². The van der Waals surface area contributed by atoms with Crippen LogP contribution in [0.15, 0.2) is 48.5 Å². The van der Waals surface area contributed by atoms with E-state index in [0.29, 0.717) is 0 Å². The van der Waals surface area contributed by atoms with Crippen LogP contribution in [0.3, 0.4) is 0 Å². The number of rotatable bonds is 18. The Morgan fingerprint density at radius 1 is 0.565 bits per heavy atom. The number of fused-ring (bicyclic) bond motifs is 3. The second-order valence-electron chi connectivity index (χ2n) is 16.2. The number of benzene rings is 2. The van der Waals surface area contributed by atoms with Crippen LogP contribution in [0.5, 0.6) is 0 Å². The van der Waals surface area contributed by atoms with E-state index in [1.54, 1.807) is 0 Å². The van der Waals surface area contributed by atoms with E-state index in [2.05, 4.69) is 21.3 Å². The molecule has 4 amide bonds. The van der Waals surface area contributed by atoms with Crippen LogP contribution in [0.4, 0.5) is 4.79 Å². The predicted molar refractivity (Wildman–Crippen MR) is 230 cm³/mol. The van der Waals surface area contributed by atoms with E-state index in [4.69, 9.17) is 42.6 Å². The summed E-state index contributed by atoms with van der Waals surface area (Å²) >= 11 is 0. The van der Waals surface area contributed by atoms with Gasteiger partial charge in [-0.1, -0.05) is 48.5 Å². The molecule has 374 valence electrons. The average molecular weight is 971 g/mol. The summed E-state index contributed by atoms with van der Waals surface area (Å²) < 4.78 is 51.3. The van der Waals surface area contributed by atoms with Crippen molar-refractivity contribution in [2.24, 2.45) is 0 Å². The first-order valence-electron chi connectivity index (χ1n) is 21.6. The van der Waals surface area contributed by atoms with Crippen LogP contribution in [0, 0.1) is 0 Å². The van der Waals surface area contributed by atoms with Gasteiger partial charge in [0, 0.05) is 54.4 Å². The molecule has 69 heavy (non-hydrogen) atoms. The lowest BCUT2D eigenvalue weighted by atomic mass is 9.93. The highest BCUT2D eigenvalue weighted by Crippen LogP contribution is 2.44. The maximum atomic E-state index is 13.7. The number of amides is 4. The van der Waals surface area contributed by atoms with E-state index >= 15 is 0 Å². The Morgan fingerprint density at radius 2 is 1.04 bits per heavy atom. The number of esters is 5. The van der Waals surface area contributed by atoms with E-state index in [1.807, 2.05) is 48.5 Å². The zero-order chi connectivity index (χ0) is 50.7. The highest BCUT2D eigenvalue weighted by atomic mass is 16.7. The lowest BCUT2D eigenvalue weighted by Crippen LogP contribution is -2.72. The Balaban J connectivity index is 1.42. The van der Waals surface area contributed by atoms with Gasteiger partial charge in [0.25, 0.3) is 0 Å². The quantitative estimate of drug-likeness (QED) is 0.0987. The van der Waals surface area contributed by atoms with Gasteiger partial charge in [0.1, 0.15) is 56.3 Å². The Kier molecular flexibility index (Phi) is 18.1. The summed E-state index contributed by atoms with van der Waals surface area (Å²) in [7, 11) is 0. The Labute approximate surface area is 394 Å². The molecule has 2 heterocycles. The van der Waals surface area contributed by atoms with Crippen molar-refractivity contribution in [3.63, 3.8) is 0 Å². The Bertz CT molecular complexity index is 2240. The highest BCUT2D eigenvalue weighted by Gasteiger charge is 2.56. The zero-order valence-electron chi connectivity index (χ0n) is 38.6. The molecule has 1 aliphatic carbocycles. The fourth-order valence-corrected chi connectivity index (χ4v) is 8.23. The zero-order valence-corrected chi connectivity index (χ0v) is 38.6. The van der Waals surface area contributed by atoms with E-state index in [0.717, 1.165) is 70.7 Å². The standard InChI is InChI=1S/C45H54N4O20/c1-20(50)46-36-40(65-25(6)55)39(69-44-37(47-21(2)51)41(66-26(7)56)38(64-24(5)54)34(68-44)19-62-23(4)53)33(18-61-22(3)52)67-42(36)49-35(57)16-32(43(58)59)48-45(60)63-17-31-29-14-10-8-12-27(29)28-13-9-11-15-30(28)31/h8-15,31-34,36-42,44H,16-19H2,1-7H3,(H,46,50)(H,47,51)(H,48,60)(H,49,57)(H,58,59)/t32-,33+,34+,36+,37+,38+,39+,40+,41+,42+,44-/m0/s1. The van der Waals surface area contributed by atoms with E-state index in [9.17, 15) is 53.1 Å². The molecule has 0 radical (unpaired) electrons. The van der Waals surface area contributed by atoms with Crippen LogP contribution >= 0.6 is 0 Å². The number of aliphatic carboxylic acids is 1. The number of carboxylic acids is 1. The second kappa shape index (κ2) is 23.7. The lowest BCUT2D eigenvalue weighted by Gasteiger charge is -2.49. The van der Waals surface area contributed by atoms with Crippen molar-refractivity contribution in [3.05, 3.63) is 59.7 Å². The molecular weight excluding hydrogens is 917 g/mol. The molecule has 2 saturated heterocycles. The van der Waals surface area contributed by atoms with E-state index < -0.39 is 147 Å². The first-order valence-corrected chi connectivity index (χ1v) is 21.6. The predicted octanol–water partition coefficient (Wildman–Crippen LogP) is 0.250. The fourth-order valence-electron chi connectivity index (χ4n) is 8.23. The first kappa shape index (κ1) is 52.8. The molecule has 5 rings (SSSR count). The monoisotopic (exact) mass is 970 g/mol. The molecule has 2 aliphatic heterocycles. The highest BCUT2D eigenvalue weighted by molar-refractivity contribution is 5.87. The molecule has 0 spiro atoms. The van der Waals surface area contributed by atoms with Crippen molar-refractivity contribution < 1.29 is 95.7 Å². The molecule has 0 saturated carbocycles. The minimum absolute atomic E-state index is 0.168. The summed E-state index contributed by atoms with van der Waals surface area (Å²) in [6.45, 7) is 5.82.